The van der Waals surface area contributed by atoms with Crippen molar-refractivity contribution in [3.63, 3.8) is 0 Å². The molecule has 2 N–H and O–H groups in total. The number of nitrogens with zero attached hydrogens (tertiary/aromatic N) is 3. The van der Waals surface area contributed by atoms with Crippen LogP contribution in [-0.2, 0) is 4.79 Å². The van der Waals surface area contributed by atoms with Crippen LogP contribution < -0.4 is 5.32 Å². The lowest BCUT2D eigenvalue weighted by Crippen LogP contribution is -2.13. The van der Waals surface area contributed by atoms with Gasteiger partial charge in [-0.15, -0.1) is 0 Å². The van der Waals surface area contributed by atoms with Crippen LogP contribution in [0, 0.1) is 17.2 Å². The minimum atomic E-state index is -0.376. The summed E-state index contributed by atoms with van der Waals surface area (Å²) in [5.41, 5.74) is 3.87. The number of hydrogen-bond donors (Lipinski definition) is 2. The summed E-state index contributed by atoms with van der Waals surface area (Å²) in [7, 11) is 0. The summed E-state index contributed by atoms with van der Waals surface area (Å²) in [4.78, 5) is 24.2. The number of anilines is 1. The van der Waals surface area contributed by atoms with Crippen LogP contribution in [0.5, 0.6) is 0 Å². The summed E-state index contributed by atoms with van der Waals surface area (Å²) in [6.07, 6.45) is 7.33. The number of allylic oxidation sites excluding steroid dienone is 1. The number of benzene rings is 1. The van der Waals surface area contributed by atoms with Gasteiger partial charge >= 0.3 is 0 Å². The Labute approximate surface area is 144 Å². The van der Waals surface area contributed by atoms with Crippen molar-refractivity contribution in [1.29, 1.82) is 5.26 Å². The van der Waals surface area contributed by atoms with Gasteiger partial charge in [-0.25, -0.2) is 9.97 Å². The number of rotatable bonds is 4. The molecule has 3 aromatic rings. The molecule has 2 aromatic heterocycles. The van der Waals surface area contributed by atoms with Crippen molar-refractivity contribution in [3.8, 4) is 17.3 Å². The van der Waals surface area contributed by atoms with E-state index in [1.165, 1.54) is 0 Å². The fraction of sp³-hybridized carbons (Fsp3) is 0.158. The molecule has 0 radical (unpaired) electrons. The molecular formula is C19H15N5O. The molecule has 2 heterocycles. The fourth-order valence-corrected chi connectivity index (χ4v) is 2.59. The monoisotopic (exact) mass is 329 g/mol. The second kappa shape index (κ2) is 6.21. The first kappa shape index (κ1) is 15.1. The van der Waals surface area contributed by atoms with Crippen LogP contribution in [0.1, 0.15) is 12.8 Å². The molecule has 0 atom stereocenters. The molecule has 1 saturated carbocycles. The maximum Gasteiger partial charge on any atom is 0.265 e. The highest BCUT2D eigenvalue weighted by Crippen LogP contribution is 2.31. The van der Waals surface area contributed by atoms with E-state index in [1.54, 1.807) is 24.5 Å². The molecule has 0 aliphatic heterocycles. The van der Waals surface area contributed by atoms with Gasteiger partial charge in [0.05, 0.1) is 11.9 Å². The zero-order valence-electron chi connectivity index (χ0n) is 13.4. The van der Waals surface area contributed by atoms with E-state index < -0.39 is 0 Å². The largest absolute Gasteiger partial charge is 0.345 e. The van der Waals surface area contributed by atoms with Gasteiger partial charge in [0.15, 0.2) is 5.65 Å². The van der Waals surface area contributed by atoms with Crippen LogP contribution in [0.15, 0.2) is 54.4 Å². The smallest absolute Gasteiger partial charge is 0.265 e. The van der Waals surface area contributed by atoms with Crippen molar-refractivity contribution < 1.29 is 4.79 Å². The van der Waals surface area contributed by atoms with E-state index in [-0.39, 0.29) is 11.5 Å². The Bertz CT molecular complexity index is 1020. The number of hydrogen-bond acceptors (Lipinski definition) is 4. The number of nitriles is 1. The fourth-order valence-electron chi connectivity index (χ4n) is 2.59. The second-order valence-corrected chi connectivity index (χ2v) is 6.03. The van der Waals surface area contributed by atoms with E-state index in [4.69, 9.17) is 5.26 Å². The molecule has 0 unspecified atom stereocenters. The summed E-state index contributed by atoms with van der Waals surface area (Å²) in [6, 6.07) is 11.2. The molecule has 1 aliphatic carbocycles. The first-order chi connectivity index (χ1) is 12.2. The summed E-state index contributed by atoms with van der Waals surface area (Å²) in [5.74, 6) is -0.00573. The topological polar surface area (TPSA) is 94.5 Å². The average molecular weight is 329 g/mol. The van der Waals surface area contributed by atoms with Crippen LogP contribution in [0.4, 0.5) is 5.69 Å². The number of amides is 1. The first-order valence-electron chi connectivity index (χ1n) is 8.07. The molecule has 0 saturated heterocycles. The SMILES string of the molecule is N#C/C(=C\C1CC1)C(=O)Nc1cccc(-c2cnc3[nH]ccc3n2)c1. The van der Waals surface area contributed by atoms with E-state index in [1.807, 2.05) is 30.3 Å². The number of aromatic amines is 1. The molecule has 122 valence electrons. The molecule has 0 bridgehead atoms. The van der Waals surface area contributed by atoms with Crippen molar-refractivity contribution in [2.75, 3.05) is 5.32 Å². The minimum absolute atomic E-state index is 0.168. The molecule has 4 rings (SSSR count). The van der Waals surface area contributed by atoms with Gasteiger partial charge in [-0.1, -0.05) is 18.2 Å². The Kier molecular flexibility index (Phi) is 3.75. The maximum atomic E-state index is 12.3. The number of nitrogens with one attached hydrogen (secondary N) is 2. The van der Waals surface area contributed by atoms with Gasteiger partial charge in [0.25, 0.3) is 5.91 Å². The van der Waals surface area contributed by atoms with Gasteiger partial charge in [-0.3, -0.25) is 4.79 Å². The highest BCUT2D eigenvalue weighted by molar-refractivity contribution is 6.06. The highest BCUT2D eigenvalue weighted by Gasteiger charge is 2.21. The molecule has 25 heavy (non-hydrogen) atoms. The molecule has 1 fully saturated rings. The lowest BCUT2D eigenvalue weighted by Gasteiger charge is -2.07. The van der Waals surface area contributed by atoms with Crippen molar-refractivity contribution in [2.45, 2.75) is 12.8 Å². The number of carbonyl (C=O) groups excluding carboxylic acids is 1. The normalized spacial score (nSPS) is 14.3. The predicted octanol–water partition coefficient (Wildman–Crippen LogP) is 3.42. The summed E-state index contributed by atoms with van der Waals surface area (Å²) >= 11 is 0. The van der Waals surface area contributed by atoms with Crippen LogP contribution in [0.3, 0.4) is 0 Å². The summed E-state index contributed by atoms with van der Waals surface area (Å²) in [6.45, 7) is 0. The Balaban J connectivity index is 1.58. The third-order valence-electron chi connectivity index (χ3n) is 4.07. The summed E-state index contributed by atoms with van der Waals surface area (Å²) in [5, 5.41) is 11.9. The Hall–Kier alpha value is -3.46. The molecule has 0 spiro atoms. The van der Waals surface area contributed by atoms with Gasteiger partial charge < -0.3 is 10.3 Å². The van der Waals surface area contributed by atoms with Crippen LogP contribution in [0.2, 0.25) is 0 Å². The van der Waals surface area contributed by atoms with E-state index in [2.05, 4.69) is 20.3 Å². The molecular weight excluding hydrogens is 314 g/mol. The number of H-pyrrole nitrogens is 1. The quantitative estimate of drug-likeness (QED) is 0.566. The van der Waals surface area contributed by atoms with Crippen molar-refractivity contribution in [2.24, 2.45) is 5.92 Å². The molecule has 6 nitrogen and oxygen atoms in total. The number of carbonyl (C=O) groups is 1. The van der Waals surface area contributed by atoms with Gasteiger partial charge in [-0.2, -0.15) is 5.26 Å². The molecule has 6 heteroatoms. The highest BCUT2D eigenvalue weighted by atomic mass is 16.1. The maximum absolute atomic E-state index is 12.3. The Morgan fingerprint density at radius 1 is 1.36 bits per heavy atom. The van der Waals surface area contributed by atoms with E-state index >= 15 is 0 Å². The summed E-state index contributed by atoms with van der Waals surface area (Å²) < 4.78 is 0. The standard InChI is InChI=1S/C19H15N5O/c20-10-14(8-12-4-5-12)19(25)23-15-3-1-2-13(9-15)17-11-22-18-16(24-17)6-7-21-18/h1-3,6-9,11-12H,4-5H2,(H,21,22)(H,23,25)/b14-8+. The van der Waals surface area contributed by atoms with Gasteiger partial charge in [0, 0.05) is 17.4 Å². The van der Waals surface area contributed by atoms with E-state index in [9.17, 15) is 4.79 Å². The van der Waals surface area contributed by atoms with Crippen molar-refractivity contribution in [1.82, 2.24) is 15.0 Å². The molecule has 1 aliphatic rings. The van der Waals surface area contributed by atoms with Crippen LogP contribution >= 0.6 is 0 Å². The van der Waals surface area contributed by atoms with E-state index in [0.29, 0.717) is 11.6 Å². The Morgan fingerprint density at radius 3 is 3.04 bits per heavy atom. The van der Waals surface area contributed by atoms with Gasteiger partial charge in [0.1, 0.15) is 17.2 Å². The van der Waals surface area contributed by atoms with Crippen LogP contribution in [0.25, 0.3) is 22.4 Å². The second-order valence-electron chi connectivity index (χ2n) is 6.03. The molecule has 1 aromatic carbocycles. The Morgan fingerprint density at radius 2 is 2.24 bits per heavy atom. The average Bonchev–Trinajstić information content (AvgIpc) is 3.33. The van der Waals surface area contributed by atoms with E-state index in [0.717, 1.165) is 35.3 Å². The minimum Gasteiger partial charge on any atom is -0.345 e. The first-order valence-corrected chi connectivity index (χ1v) is 8.07. The number of fused-ring (bicyclic) bond motifs is 1. The molecule has 1 amide bonds. The zero-order valence-corrected chi connectivity index (χ0v) is 13.4. The van der Waals surface area contributed by atoms with Crippen molar-refractivity contribution >= 4 is 22.8 Å². The lowest BCUT2D eigenvalue weighted by molar-refractivity contribution is -0.112. The zero-order chi connectivity index (χ0) is 17.2. The van der Waals surface area contributed by atoms with Crippen LogP contribution in [-0.4, -0.2) is 20.9 Å². The van der Waals surface area contributed by atoms with Gasteiger partial charge in [0.2, 0.25) is 0 Å². The lowest BCUT2D eigenvalue weighted by atomic mass is 10.1. The van der Waals surface area contributed by atoms with Crippen molar-refractivity contribution in [3.05, 3.63) is 54.4 Å². The predicted molar refractivity (Wildman–Crippen MR) is 94.4 cm³/mol. The number of aromatic nitrogens is 3. The third-order valence-corrected chi connectivity index (χ3v) is 4.07. The van der Waals surface area contributed by atoms with Gasteiger partial charge in [-0.05, 0) is 37.0 Å². The third kappa shape index (κ3) is 3.26.